The van der Waals surface area contributed by atoms with Gasteiger partial charge in [0.15, 0.2) is 0 Å². The van der Waals surface area contributed by atoms with Crippen molar-refractivity contribution in [3.63, 3.8) is 0 Å². The molecule has 8 heteroatoms. The average molecular weight is 299 g/mol. The first-order chi connectivity index (χ1) is 9.81. The van der Waals surface area contributed by atoms with Gasteiger partial charge in [-0.3, -0.25) is 9.59 Å². The van der Waals surface area contributed by atoms with Crippen molar-refractivity contribution in [2.75, 3.05) is 0 Å². The largest absolute Gasteiger partial charge is 0.508 e. The van der Waals surface area contributed by atoms with Crippen molar-refractivity contribution in [3.05, 3.63) is 29.6 Å². The van der Waals surface area contributed by atoms with Gasteiger partial charge in [0.1, 0.15) is 17.6 Å². The third kappa shape index (κ3) is 5.09. The topological polar surface area (TPSA) is 124 Å². The zero-order valence-electron chi connectivity index (χ0n) is 10.9. The van der Waals surface area contributed by atoms with Crippen molar-refractivity contribution in [2.24, 2.45) is 0 Å². The zero-order valence-corrected chi connectivity index (χ0v) is 10.9. The highest BCUT2D eigenvalue weighted by molar-refractivity contribution is 5.96. The van der Waals surface area contributed by atoms with Gasteiger partial charge in [0.05, 0.1) is 5.56 Å². The summed E-state index contributed by atoms with van der Waals surface area (Å²) in [6.07, 6.45) is -0.259. The lowest BCUT2D eigenvalue weighted by Gasteiger charge is -2.14. The van der Waals surface area contributed by atoms with Crippen LogP contribution in [0.4, 0.5) is 4.39 Å². The van der Waals surface area contributed by atoms with Gasteiger partial charge in [-0.05, 0) is 25.0 Å². The highest BCUT2D eigenvalue weighted by atomic mass is 19.1. The van der Waals surface area contributed by atoms with Crippen LogP contribution in [0.3, 0.4) is 0 Å². The Morgan fingerprint density at radius 1 is 1.24 bits per heavy atom. The van der Waals surface area contributed by atoms with E-state index >= 15 is 0 Å². The van der Waals surface area contributed by atoms with Crippen molar-refractivity contribution >= 4 is 17.8 Å². The molecule has 0 aliphatic heterocycles. The molecule has 1 aromatic carbocycles. The molecule has 0 aromatic heterocycles. The Hall–Kier alpha value is -2.64. The number of carbonyl (C=O) groups excluding carboxylic acids is 1. The number of carbonyl (C=O) groups is 3. The first kappa shape index (κ1) is 16.4. The maximum Gasteiger partial charge on any atom is 0.326 e. The minimum Gasteiger partial charge on any atom is -0.508 e. The van der Waals surface area contributed by atoms with Gasteiger partial charge in [-0.1, -0.05) is 0 Å². The summed E-state index contributed by atoms with van der Waals surface area (Å²) in [6, 6.07) is 1.54. The number of aliphatic carboxylic acids is 2. The average Bonchev–Trinajstić information content (AvgIpc) is 2.36. The number of halogens is 1. The van der Waals surface area contributed by atoms with Crippen LogP contribution in [0.2, 0.25) is 0 Å². The van der Waals surface area contributed by atoms with Crippen molar-refractivity contribution in [1.29, 1.82) is 0 Å². The van der Waals surface area contributed by atoms with Crippen LogP contribution in [-0.2, 0) is 9.59 Å². The van der Waals surface area contributed by atoms with Gasteiger partial charge >= 0.3 is 11.9 Å². The van der Waals surface area contributed by atoms with Gasteiger partial charge in [-0.2, -0.15) is 0 Å². The first-order valence-electron chi connectivity index (χ1n) is 6.05. The molecule has 0 saturated heterocycles. The number of carboxylic acids is 2. The lowest BCUT2D eigenvalue weighted by Crippen LogP contribution is -2.41. The minimum absolute atomic E-state index is 0.0602. The molecule has 114 valence electrons. The summed E-state index contributed by atoms with van der Waals surface area (Å²) < 4.78 is 13.5. The highest BCUT2D eigenvalue weighted by Gasteiger charge is 2.22. The molecule has 0 unspecified atom stereocenters. The second kappa shape index (κ2) is 7.22. The predicted octanol–water partition coefficient (Wildman–Crippen LogP) is 0.969. The molecule has 7 nitrogen and oxygen atoms in total. The van der Waals surface area contributed by atoms with Crippen molar-refractivity contribution < 1.29 is 34.1 Å². The molecule has 21 heavy (non-hydrogen) atoms. The normalized spacial score (nSPS) is 11.7. The molecular formula is C13H14FNO6. The Morgan fingerprint density at radius 3 is 2.43 bits per heavy atom. The molecule has 0 radical (unpaired) electrons. The van der Waals surface area contributed by atoms with Crippen LogP contribution in [0, 0.1) is 5.82 Å². The molecule has 1 rings (SSSR count). The van der Waals surface area contributed by atoms with E-state index in [4.69, 9.17) is 15.3 Å². The van der Waals surface area contributed by atoms with Gasteiger partial charge in [0, 0.05) is 12.5 Å². The van der Waals surface area contributed by atoms with Crippen molar-refractivity contribution in [3.8, 4) is 5.75 Å². The Bertz CT molecular complexity index is 560. The van der Waals surface area contributed by atoms with E-state index in [0.29, 0.717) is 0 Å². The number of rotatable bonds is 7. The molecule has 0 aliphatic carbocycles. The van der Waals surface area contributed by atoms with E-state index in [0.717, 1.165) is 18.2 Å². The summed E-state index contributed by atoms with van der Waals surface area (Å²) in [5.74, 6) is -4.71. The monoisotopic (exact) mass is 299 g/mol. The summed E-state index contributed by atoms with van der Waals surface area (Å²) in [4.78, 5) is 33.1. The van der Waals surface area contributed by atoms with Crippen molar-refractivity contribution in [2.45, 2.75) is 25.3 Å². The summed E-state index contributed by atoms with van der Waals surface area (Å²) in [5, 5.41) is 28.6. The Kier molecular flexibility index (Phi) is 5.65. The molecule has 0 aliphatic rings. The summed E-state index contributed by atoms with van der Waals surface area (Å²) in [7, 11) is 0. The third-order valence-corrected chi connectivity index (χ3v) is 2.68. The number of phenols is 1. The molecule has 1 amide bonds. The lowest BCUT2D eigenvalue weighted by atomic mass is 10.1. The molecule has 0 saturated carbocycles. The van der Waals surface area contributed by atoms with E-state index < -0.39 is 35.3 Å². The molecule has 4 N–H and O–H groups in total. The van der Waals surface area contributed by atoms with Crippen LogP contribution in [0.1, 0.15) is 29.6 Å². The van der Waals surface area contributed by atoms with Gasteiger partial charge in [0.2, 0.25) is 0 Å². The fourth-order valence-corrected chi connectivity index (χ4v) is 1.64. The Balaban J connectivity index is 2.72. The smallest absolute Gasteiger partial charge is 0.326 e. The third-order valence-electron chi connectivity index (χ3n) is 2.68. The van der Waals surface area contributed by atoms with Gasteiger partial charge in [0.25, 0.3) is 5.91 Å². The van der Waals surface area contributed by atoms with E-state index in [9.17, 15) is 18.8 Å². The van der Waals surface area contributed by atoms with Gasteiger partial charge in [-0.25, -0.2) is 9.18 Å². The van der Waals surface area contributed by atoms with Gasteiger partial charge < -0.3 is 20.6 Å². The Morgan fingerprint density at radius 2 is 1.90 bits per heavy atom. The lowest BCUT2D eigenvalue weighted by molar-refractivity contribution is -0.140. The number of hydrogen-bond donors (Lipinski definition) is 4. The number of carboxylic acid groups (broad SMARTS) is 2. The van der Waals surface area contributed by atoms with Crippen LogP contribution in [0.25, 0.3) is 0 Å². The van der Waals surface area contributed by atoms with Crippen LogP contribution in [0.5, 0.6) is 5.75 Å². The maximum atomic E-state index is 13.5. The Labute approximate surface area is 119 Å². The SMILES string of the molecule is O=C(O)CCC[C@@H](NC(=O)c1ccc(O)cc1F)C(=O)O. The molecule has 0 bridgehead atoms. The molecule has 0 fully saturated rings. The summed E-state index contributed by atoms with van der Waals surface area (Å²) in [5.41, 5.74) is -0.405. The van der Waals surface area contributed by atoms with E-state index in [1.54, 1.807) is 0 Å². The predicted molar refractivity (Wildman–Crippen MR) is 68.4 cm³/mol. The number of nitrogens with one attached hydrogen (secondary N) is 1. The van der Waals surface area contributed by atoms with Gasteiger partial charge in [-0.15, -0.1) is 0 Å². The molecular weight excluding hydrogens is 285 g/mol. The molecule has 0 heterocycles. The van der Waals surface area contributed by atoms with E-state index in [2.05, 4.69) is 5.32 Å². The maximum absolute atomic E-state index is 13.5. The van der Waals surface area contributed by atoms with Crippen LogP contribution in [0.15, 0.2) is 18.2 Å². The highest BCUT2D eigenvalue weighted by Crippen LogP contribution is 2.15. The van der Waals surface area contributed by atoms with Crippen molar-refractivity contribution in [1.82, 2.24) is 5.32 Å². The van der Waals surface area contributed by atoms with Crippen LogP contribution >= 0.6 is 0 Å². The molecule has 0 spiro atoms. The standard InChI is InChI=1S/C13H14FNO6/c14-9-6-7(16)4-5-8(9)12(19)15-10(13(20)21)2-1-3-11(17)18/h4-6,10,16H,1-3H2,(H,15,19)(H,17,18)(H,20,21)/t10-/m1/s1. The summed E-state index contributed by atoms with van der Waals surface area (Å²) >= 11 is 0. The quantitative estimate of drug-likeness (QED) is 0.594. The number of benzene rings is 1. The van der Waals surface area contributed by atoms with E-state index in [1.165, 1.54) is 0 Å². The second-order valence-electron chi connectivity index (χ2n) is 4.31. The van der Waals surface area contributed by atoms with Crippen LogP contribution in [-0.4, -0.2) is 39.2 Å². The molecule has 1 atom stereocenters. The number of hydrogen-bond acceptors (Lipinski definition) is 4. The van der Waals surface area contributed by atoms with Crippen LogP contribution < -0.4 is 5.32 Å². The second-order valence-corrected chi connectivity index (χ2v) is 4.31. The van der Waals surface area contributed by atoms with E-state index in [-0.39, 0.29) is 25.0 Å². The fourth-order valence-electron chi connectivity index (χ4n) is 1.64. The molecule has 1 aromatic rings. The number of phenolic OH excluding ortho intramolecular Hbond substituents is 1. The first-order valence-corrected chi connectivity index (χ1v) is 6.05. The fraction of sp³-hybridized carbons (Fsp3) is 0.308. The summed E-state index contributed by atoms with van der Waals surface area (Å²) in [6.45, 7) is 0. The number of amides is 1. The zero-order chi connectivity index (χ0) is 16.0. The van der Waals surface area contributed by atoms with E-state index in [1.807, 2.05) is 0 Å². The minimum atomic E-state index is -1.34. The number of aromatic hydroxyl groups is 1.